The maximum Gasteiger partial charge on any atom is 0.343 e. The molecule has 0 N–H and O–H groups in total. The van der Waals surface area contributed by atoms with Crippen molar-refractivity contribution < 1.29 is 38.1 Å². The van der Waals surface area contributed by atoms with Crippen molar-refractivity contribution in [2.75, 3.05) is 34.5 Å². The number of esters is 2. The average Bonchev–Trinajstić information content (AvgIpc) is 2.93. The van der Waals surface area contributed by atoms with Gasteiger partial charge >= 0.3 is 11.9 Å². The van der Waals surface area contributed by atoms with Gasteiger partial charge in [0.2, 0.25) is 0 Å². The minimum absolute atomic E-state index is 0.161. The van der Waals surface area contributed by atoms with Crippen LogP contribution in [0.15, 0.2) is 23.1 Å². The monoisotopic (exact) mass is 395 g/mol. The predicted octanol–water partition coefficient (Wildman–Crippen LogP) is 1.46. The Morgan fingerprint density at radius 1 is 1.07 bits per heavy atom. The van der Waals surface area contributed by atoms with E-state index in [0.29, 0.717) is 17.1 Å². The van der Waals surface area contributed by atoms with Gasteiger partial charge in [-0.25, -0.2) is 4.79 Å². The Kier molecular flexibility index (Phi) is 6.83. The van der Waals surface area contributed by atoms with Gasteiger partial charge in [-0.2, -0.15) is 0 Å². The van der Waals surface area contributed by atoms with Crippen LogP contribution in [0.25, 0.3) is 6.08 Å². The van der Waals surface area contributed by atoms with Crippen LogP contribution in [0.2, 0.25) is 0 Å². The second-order valence-electron chi connectivity index (χ2n) is 5.12. The molecule has 0 spiro atoms. The molecule has 144 valence electrons. The van der Waals surface area contributed by atoms with Crippen molar-refractivity contribution in [1.82, 2.24) is 4.90 Å². The van der Waals surface area contributed by atoms with Crippen molar-refractivity contribution in [3.05, 3.63) is 28.7 Å². The summed E-state index contributed by atoms with van der Waals surface area (Å²) in [5, 5.41) is -0.554. The van der Waals surface area contributed by atoms with Crippen molar-refractivity contribution in [3.63, 3.8) is 0 Å². The van der Waals surface area contributed by atoms with Gasteiger partial charge in [0.15, 0.2) is 18.1 Å². The highest BCUT2D eigenvalue weighted by Gasteiger charge is 2.36. The summed E-state index contributed by atoms with van der Waals surface area (Å²) in [6.07, 6.45) is 1.49. The van der Waals surface area contributed by atoms with E-state index in [-0.39, 0.29) is 11.5 Å². The number of benzene rings is 1. The summed E-state index contributed by atoms with van der Waals surface area (Å²) in [6, 6.07) is 4.77. The first-order valence-electron chi connectivity index (χ1n) is 7.59. The number of carbonyl (C=O) groups is 4. The molecule has 0 bridgehead atoms. The lowest BCUT2D eigenvalue weighted by molar-refractivity contribution is -0.143. The molecular weight excluding hydrogens is 378 g/mol. The molecule has 0 aromatic heterocycles. The maximum atomic E-state index is 12.3. The van der Waals surface area contributed by atoms with E-state index in [9.17, 15) is 19.2 Å². The molecule has 0 unspecified atom stereocenters. The normalized spacial score (nSPS) is 15.1. The van der Waals surface area contributed by atoms with Crippen LogP contribution in [0.4, 0.5) is 4.79 Å². The summed E-state index contributed by atoms with van der Waals surface area (Å²) in [6.45, 7) is -0.721. The molecule has 1 aromatic rings. The Balaban J connectivity index is 2.18. The molecule has 1 fully saturated rings. The molecule has 1 aliphatic heterocycles. The zero-order chi connectivity index (χ0) is 20.0. The van der Waals surface area contributed by atoms with Crippen LogP contribution in [0.1, 0.15) is 5.56 Å². The Bertz CT molecular complexity index is 804. The van der Waals surface area contributed by atoms with Crippen LogP contribution in [0, 0.1) is 0 Å². The van der Waals surface area contributed by atoms with Crippen LogP contribution in [0.3, 0.4) is 0 Å². The number of hydrogen-bond acceptors (Lipinski definition) is 9. The highest BCUT2D eigenvalue weighted by molar-refractivity contribution is 8.18. The van der Waals surface area contributed by atoms with Gasteiger partial charge in [0.1, 0.15) is 6.54 Å². The molecule has 10 heteroatoms. The topological polar surface area (TPSA) is 108 Å². The summed E-state index contributed by atoms with van der Waals surface area (Å²) in [7, 11) is 3.85. The van der Waals surface area contributed by atoms with Gasteiger partial charge in [-0.1, -0.05) is 6.07 Å². The lowest BCUT2D eigenvalue weighted by Crippen LogP contribution is -2.34. The van der Waals surface area contributed by atoms with E-state index in [1.165, 1.54) is 27.4 Å². The van der Waals surface area contributed by atoms with Crippen LogP contribution < -0.4 is 9.47 Å². The van der Waals surface area contributed by atoms with Crippen LogP contribution in [0.5, 0.6) is 11.5 Å². The summed E-state index contributed by atoms with van der Waals surface area (Å²) < 4.78 is 19.5. The third-order valence-corrected chi connectivity index (χ3v) is 4.35. The van der Waals surface area contributed by atoms with Crippen molar-refractivity contribution >= 4 is 40.9 Å². The number of rotatable bonds is 7. The molecule has 0 radical (unpaired) electrons. The minimum atomic E-state index is -0.688. The molecule has 2 rings (SSSR count). The number of ether oxygens (including phenoxy) is 4. The summed E-state index contributed by atoms with van der Waals surface area (Å²) >= 11 is 0.721. The molecule has 2 amide bonds. The Morgan fingerprint density at radius 3 is 2.41 bits per heavy atom. The lowest BCUT2D eigenvalue weighted by Gasteiger charge is -2.11. The molecule has 1 aliphatic rings. The molecule has 0 saturated carbocycles. The highest BCUT2D eigenvalue weighted by Crippen LogP contribution is 2.34. The highest BCUT2D eigenvalue weighted by atomic mass is 32.2. The van der Waals surface area contributed by atoms with Gasteiger partial charge in [-0.3, -0.25) is 19.3 Å². The van der Waals surface area contributed by atoms with E-state index in [1.807, 2.05) is 0 Å². The minimum Gasteiger partial charge on any atom is -0.493 e. The van der Waals surface area contributed by atoms with Gasteiger partial charge in [-0.05, 0) is 35.5 Å². The van der Waals surface area contributed by atoms with Crippen LogP contribution in [-0.2, 0) is 23.9 Å². The molecule has 1 heterocycles. The molecule has 0 atom stereocenters. The van der Waals surface area contributed by atoms with Gasteiger partial charge in [0.25, 0.3) is 11.1 Å². The Labute approximate surface area is 159 Å². The van der Waals surface area contributed by atoms with Crippen LogP contribution >= 0.6 is 11.8 Å². The predicted molar refractivity (Wildman–Crippen MR) is 95.2 cm³/mol. The number of nitrogens with zero attached hydrogens (tertiary/aromatic N) is 1. The van der Waals surface area contributed by atoms with Gasteiger partial charge < -0.3 is 18.9 Å². The van der Waals surface area contributed by atoms with Crippen molar-refractivity contribution in [1.29, 1.82) is 0 Å². The second-order valence-corrected chi connectivity index (χ2v) is 6.11. The molecule has 9 nitrogen and oxygen atoms in total. The fraction of sp³-hybridized carbons (Fsp3) is 0.294. The number of hydrogen-bond donors (Lipinski definition) is 0. The van der Waals surface area contributed by atoms with Gasteiger partial charge in [0, 0.05) is 0 Å². The Morgan fingerprint density at radius 2 is 1.78 bits per heavy atom. The van der Waals surface area contributed by atoms with Crippen molar-refractivity contribution in [2.24, 2.45) is 0 Å². The van der Waals surface area contributed by atoms with E-state index < -0.39 is 29.6 Å². The van der Waals surface area contributed by atoms with Crippen molar-refractivity contribution in [3.8, 4) is 11.5 Å². The van der Waals surface area contributed by atoms with E-state index in [4.69, 9.17) is 9.47 Å². The summed E-state index contributed by atoms with van der Waals surface area (Å²) in [5.74, 6) is -1.16. The first-order valence-corrected chi connectivity index (χ1v) is 8.41. The molecule has 1 saturated heterocycles. The third kappa shape index (κ3) is 5.00. The zero-order valence-corrected chi connectivity index (χ0v) is 15.7. The smallest absolute Gasteiger partial charge is 0.343 e. The first-order chi connectivity index (χ1) is 12.9. The number of amides is 2. The SMILES string of the molecule is COC(=O)COc1ccc(C=C2SC(=O)N(CC(=O)OC)C2=O)cc1OC. The standard InChI is InChI=1S/C17H17NO8S/c1-23-12-6-10(4-5-11(12)26-9-15(20)25-3)7-13-16(21)18(17(22)27-13)8-14(19)24-2/h4-7H,8-9H2,1-3H3. The van der Waals surface area contributed by atoms with E-state index in [0.717, 1.165) is 16.7 Å². The largest absolute Gasteiger partial charge is 0.493 e. The number of imide groups is 1. The second kappa shape index (κ2) is 9.08. The van der Waals surface area contributed by atoms with Crippen LogP contribution in [-0.4, -0.2) is 62.5 Å². The number of carbonyl (C=O) groups excluding carboxylic acids is 4. The molecule has 0 aliphatic carbocycles. The first kappa shape index (κ1) is 20.3. The fourth-order valence-corrected chi connectivity index (χ4v) is 2.91. The summed E-state index contributed by atoms with van der Waals surface area (Å²) in [4.78, 5) is 47.7. The van der Waals surface area contributed by atoms with E-state index >= 15 is 0 Å². The van der Waals surface area contributed by atoms with Crippen molar-refractivity contribution in [2.45, 2.75) is 0 Å². The molecule has 27 heavy (non-hydrogen) atoms. The quantitative estimate of drug-likeness (QED) is 0.501. The molecular formula is C17H17NO8S. The average molecular weight is 395 g/mol. The van der Waals surface area contributed by atoms with E-state index in [2.05, 4.69) is 9.47 Å². The number of methoxy groups -OCH3 is 3. The lowest BCUT2D eigenvalue weighted by atomic mass is 10.2. The maximum absolute atomic E-state index is 12.3. The summed E-state index contributed by atoms with van der Waals surface area (Å²) in [5.41, 5.74) is 0.570. The van der Waals surface area contributed by atoms with E-state index in [1.54, 1.807) is 18.2 Å². The number of thioether (sulfide) groups is 1. The Hall–Kier alpha value is -3.01. The fourth-order valence-electron chi connectivity index (χ4n) is 2.07. The molecule has 1 aromatic carbocycles. The zero-order valence-electron chi connectivity index (χ0n) is 14.8. The third-order valence-electron chi connectivity index (χ3n) is 3.45. The van der Waals surface area contributed by atoms with Gasteiger partial charge in [-0.15, -0.1) is 0 Å². The van der Waals surface area contributed by atoms with Gasteiger partial charge in [0.05, 0.1) is 26.2 Å².